The molecular formula is C15H20FNO4. The molecule has 116 valence electrons. The predicted octanol–water partition coefficient (Wildman–Crippen LogP) is 2.53. The molecule has 0 amide bonds. The van der Waals surface area contributed by atoms with E-state index < -0.39 is 11.8 Å². The second kappa shape index (κ2) is 6.76. The van der Waals surface area contributed by atoms with Crippen molar-refractivity contribution in [3.05, 3.63) is 23.5 Å². The van der Waals surface area contributed by atoms with Crippen LogP contribution in [0.25, 0.3) is 0 Å². The quantitative estimate of drug-likeness (QED) is 0.683. The number of carbonyl (C=O) groups excluding carboxylic acids is 1. The molecule has 2 rings (SSSR count). The lowest BCUT2D eigenvalue weighted by Crippen LogP contribution is -2.29. The van der Waals surface area contributed by atoms with Crippen molar-refractivity contribution in [2.75, 3.05) is 20.0 Å². The fourth-order valence-corrected chi connectivity index (χ4v) is 2.55. The molecule has 1 aromatic carbocycles. The highest BCUT2D eigenvalue weighted by molar-refractivity contribution is 5.95. The number of benzene rings is 1. The van der Waals surface area contributed by atoms with Crippen molar-refractivity contribution in [1.82, 2.24) is 0 Å². The molecule has 0 saturated heterocycles. The van der Waals surface area contributed by atoms with Gasteiger partial charge in [-0.1, -0.05) is 0 Å². The van der Waals surface area contributed by atoms with E-state index in [2.05, 4.69) is 4.74 Å². The van der Waals surface area contributed by atoms with Crippen LogP contribution >= 0.6 is 0 Å². The van der Waals surface area contributed by atoms with Gasteiger partial charge in [-0.2, -0.15) is 0 Å². The van der Waals surface area contributed by atoms with E-state index in [0.717, 1.165) is 25.3 Å². The summed E-state index contributed by atoms with van der Waals surface area (Å²) in [6, 6.07) is 2.38. The molecule has 1 aliphatic carbocycles. The van der Waals surface area contributed by atoms with Crippen LogP contribution in [0.1, 0.15) is 36.0 Å². The molecule has 0 aliphatic heterocycles. The number of anilines is 1. The van der Waals surface area contributed by atoms with Gasteiger partial charge in [-0.3, -0.25) is 0 Å². The Balaban J connectivity index is 2.17. The number of halogens is 1. The molecule has 2 N–H and O–H groups in total. The molecule has 6 heteroatoms. The van der Waals surface area contributed by atoms with Gasteiger partial charge in [0.2, 0.25) is 0 Å². The van der Waals surface area contributed by atoms with E-state index in [9.17, 15) is 9.18 Å². The lowest BCUT2D eigenvalue weighted by molar-refractivity contribution is 0.0196. The van der Waals surface area contributed by atoms with E-state index in [1.807, 2.05) is 0 Å². The van der Waals surface area contributed by atoms with Gasteiger partial charge in [0.05, 0.1) is 18.8 Å². The van der Waals surface area contributed by atoms with Crippen molar-refractivity contribution >= 4 is 11.7 Å². The van der Waals surface area contributed by atoms with E-state index in [1.165, 1.54) is 13.2 Å². The van der Waals surface area contributed by atoms with Gasteiger partial charge in [0.15, 0.2) is 11.6 Å². The third kappa shape index (κ3) is 3.64. The SMILES string of the molecule is COC(=O)c1cc(OC2CCCC(OC)C2)c(F)cc1N. The number of hydrogen-bond donors (Lipinski definition) is 1. The van der Waals surface area contributed by atoms with Crippen LogP contribution in [-0.4, -0.2) is 32.4 Å². The zero-order valence-electron chi connectivity index (χ0n) is 12.2. The standard InChI is InChI=1S/C15H20FNO4/c1-19-9-4-3-5-10(6-9)21-14-7-11(15(18)20-2)13(17)8-12(14)16/h7-10H,3-6,17H2,1-2H3. The van der Waals surface area contributed by atoms with Crippen LogP contribution in [0.3, 0.4) is 0 Å². The summed E-state index contributed by atoms with van der Waals surface area (Å²) in [5.74, 6) is -1.18. The molecule has 0 radical (unpaired) electrons. The Morgan fingerprint density at radius 3 is 2.67 bits per heavy atom. The fourth-order valence-electron chi connectivity index (χ4n) is 2.55. The van der Waals surface area contributed by atoms with Crippen LogP contribution in [0.2, 0.25) is 0 Å². The summed E-state index contributed by atoms with van der Waals surface area (Å²) in [6.07, 6.45) is 3.47. The maximum absolute atomic E-state index is 13.9. The minimum absolute atomic E-state index is 0.0198. The number of hydrogen-bond acceptors (Lipinski definition) is 5. The van der Waals surface area contributed by atoms with Crippen molar-refractivity contribution in [1.29, 1.82) is 0 Å². The Morgan fingerprint density at radius 2 is 2.00 bits per heavy atom. The van der Waals surface area contributed by atoms with Crippen LogP contribution in [0.5, 0.6) is 5.75 Å². The minimum atomic E-state index is -0.615. The van der Waals surface area contributed by atoms with E-state index in [4.69, 9.17) is 15.2 Å². The largest absolute Gasteiger partial charge is 0.487 e. The molecule has 2 atom stereocenters. The maximum atomic E-state index is 13.9. The molecule has 2 unspecified atom stereocenters. The summed E-state index contributed by atoms with van der Waals surface area (Å²) in [7, 11) is 2.90. The maximum Gasteiger partial charge on any atom is 0.340 e. The predicted molar refractivity (Wildman–Crippen MR) is 75.8 cm³/mol. The molecule has 0 bridgehead atoms. The minimum Gasteiger partial charge on any atom is -0.487 e. The summed E-state index contributed by atoms with van der Waals surface area (Å²) in [4.78, 5) is 11.6. The van der Waals surface area contributed by atoms with Crippen molar-refractivity contribution in [2.24, 2.45) is 0 Å². The van der Waals surface area contributed by atoms with Gasteiger partial charge in [-0.15, -0.1) is 0 Å². The lowest BCUT2D eigenvalue weighted by atomic mass is 9.95. The summed E-state index contributed by atoms with van der Waals surface area (Å²) in [5, 5.41) is 0. The highest BCUT2D eigenvalue weighted by atomic mass is 19.1. The van der Waals surface area contributed by atoms with Crippen LogP contribution in [0, 0.1) is 5.82 Å². The monoisotopic (exact) mass is 297 g/mol. The second-order valence-corrected chi connectivity index (χ2v) is 5.13. The normalized spacial score (nSPS) is 21.9. The first-order valence-corrected chi connectivity index (χ1v) is 6.92. The van der Waals surface area contributed by atoms with Crippen molar-refractivity contribution in [3.8, 4) is 5.75 Å². The van der Waals surface area contributed by atoms with E-state index >= 15 is 0 Å². The third-order valence-corrected chi connectivity index (χ3v) is 3.71. The zero-order chi connectivity index (χ0) is 15.4. The second-order valence-electron chi connectivity index (χ2n) is 5.13. The topological polar surface area (TPSA) is 70.8 Å². The molecule has 1 aromatic rings. The van der Waals surface area contributed by atoms with Crippen LogP contribution < -0.4 is 10.5 Å². The van der Waals surface area contributed by atoms with Crippen LogP contribution in [0.4, 0.5) is 10.1 Å². The smallest absolute Gasteiger partial charge is 0.340 e. The Labute approximate surface area is 123 Å². The number of carbonyl (C=O) groups is 1. The highest BCUT2D eigenvalue weighted by Crippen LogP contribution is 2.29. The molecule has 0 aromatic heterocycles. The third-order valence-electron chi connectivity index (χ3n) is 3.71. The first kappa shape index (κ1) is 15.6. The van der Waals surface area contributed by atoms with Gasteiger partial charge in [0, 0.05) is 25.3 Å². The number of ether oxygens (including phenoxy) is 3. The zero-order valence-corrected chi connectivity index (χ0v) is 12.2. The van der Waals surface area contributed by atoms with Crippen molar-refractivity contribution in [2.45, 2.75) is 37.9 Å². The van der Waals surface area contributed by atoms with Gasteiger partial charge >= 0.3 is 5.97 Å². The molecular weight excluding hydrogens is 277 g/mol. The van der Waals surface area contributed by atoms with Crippen LogP contribution in [-0.2, 0) is 9.47 Å². The number of nitrogens with two attached hydrogens (primary N) is 1. The van der Waals surface area contributed by atoms with Gasteiger partial charge < -0.3 is 19.9 Å². The van der Waals surface area contributed by atoms with Gasteiger partial charge in [-0.25, -0.2) is 9.18 Å². The molecule has 1 fully saturated rings. The summed E-state index contributed by atoms with van der Waals surface area (Å²) in [5.41, 5.74) is 5.76. The molecule has 5 nitrogen and oxygen atoms in total. The van der Waals surface area contributed by atoms with Gasteiger partial charge in [-0.05, 0) is 25.3 Å². The summed E-state index contributed by atoms with van der Waals surface area (Å²) >= 11 is 0. The molecule has 21 heavy (non-hydrogen) atoms. The molecule has 0 heterocycles. The Bertz CT molecular complexity index is 521. The van der Waals surface area contributed by atoms with Gasteiger partial charge in [0.1, 0.15) is 6.10 Å². The average molecular weight is 297 g/mol. The molecule has 0 spiro atoms. The number of nitrogen functional groups attached to an aromatic ring is 1. The molecule has 1 saturated carbocycles. The van der Waals surface area contributed by atoms with E-state index in [0.29, 0.717) is 6.42 Å². The Kier molecular flexibility index (Phi) is 5.01. The average Bonchev–Trinajstić information content (AvgIpc) is 2.49. The van der Waals surface area contributed by atoms with Crippen LogP contribution in [0.15, 0.2) is 12.1 Å². The summed E-state index contributed by atoms with van der Waals surface area (Å²) < 4.78 is 29.6. The highest BCUT2D eigenvalue weighted by Gasteiger charge is 2.25. The summed E-state index contributed by atoms with van der Waals surface area (Å²) in [6.45, 7) is 0. The van der Waals surface area contributed by atoms with E-state index in [-0.39, 0.29) is 29.2 Å². The Morgan fingerprint density at radius 1 is 1.29 bits per heavy atom. The number of rotatable bonds is 4. The van der Waals surface area contributed by atoms with Crippen molar-refractivity contribution < 1.29 is 23.4 Å². The number of methoxy groups -OCH3 is 2. The lowest BCUT2D eigenvalue weighted by Gasteiger charge is -2.28. The van der Waals surface area contributed by atoms with Gasteiger partial charge in [0.25, 0.3) is 0 Å². The fraction of sp³-hybridized carbons (Fsp3) is 0.533. The first-order valence-electron chi connectivity index (χ1n) is 6.92. The van der Waals surface area contributed by atoms with E-state index in [1.54, 1.807) is 7.11 Å². The molecule has 1 aliphatic rings. The number of esters is 1. The Hall–Kier alpha value is -1.82. The van der Waals surface area contributed by atoms with Crippen molar-refractivity contribution in [3.63, 3.8) is 0 Å². The first-order chi connectivity index (χ1) is 10.0.